The van der Waals surface area contributed by atoms with Gasteiger partial charge in [-0.3, -0.25) is 4.79 Å². The Balaban J connectivity index is 2.42. The fourth-order valence-electron chi connectivity index (χ4n) is 2.68. The molecule has 0 fully saturated rings. The standard InChI is InChI=1S/C14H19NO2/c1-11-8-9-12-6-4-5-7-13(12)15(11)14(2,3)17-10-16/h4-7,10-11H,8-9H2,1-3H3. The molecule has 92 valence electrons. The second-order valence-electron chi connectivity index (χ2n) is 5.05. The molecule has 1 atom stereocenters. The van der Waals surface area contributed by atoms with E-state index in [1.165, 1.54) is 11.3 Å². The van der Waals surface area contributed by atoms with Gasteiger partial charge in [-0.05, 0) is 45.2 Å². The zero-order valence-corrected chi connectivity index (χ0v) is 10.6. The van der Waals surface area contributed by atoms with Gasteiger partial charge in [0.1, 0.15) is 0 Å². The quantitative estimate of drug-likeness (QED) is 0.752. The van der Waals surface area contributed by atoms with Crippen molar-refractivity contribution in [2.75, 3.05) is 4.90 Å². The molecule has 0 radical (unpaired) electrons. The summed E-state index contributed by atoms with van der Waals surface area (Å²) < 4.78 is 5.24. The Morgan fingerprint density at radius 2 is 2.12 bits per heavy atom. The summed E-state index contributed by atoms with van der Waals surface area (Å²) >= 11 is 0. The number of anilines is 1. The van der Waals surface area contributed by atoms with Crippen LogP contribution in [0.5, 0.6) is 0 Å². The molecule has 1 aromatic rings. The lowest BCUT2D eigenvalue weighted by atomic mass is 9.94. The Bertz CT molecular complexity index is 414. The molecule has 1 unspecified atom stereocenters. The molecule has 1 aromatic carbocycles. The molecule has 0 saturated carbocycles. The van der Waals surface area contributed by atoms with Crippen molar-refractivity contribution in [1.82, 2.24) is 0 Å². The Labute approximate surface area is 102 Å². The molecular weight excluding hydrogens is 214 g/mol. The SMILES string of the molecule is CC1CCc2ccccc2N1C(C)(C)OC=O. The van der Waals surface area contributed by atoms with Gasteiger partial charge in [0.25, 0.3) is 6.47 Å². The second kappa shape index (κ2) is 4.40. The van der Waals surface area contributed by atoms with Crippen LogP contribution in [0.2, 0.25) is 0 Å². The van der Waals surface area contributed by atoms with E-state index < -0.39 is 5.72 Å². The Hall–Kier alpha value is -1.51. The average Bonchev–Trinajstić information content (AvgIpc) is 2.28. The molecule has 0 amide bonds. The predicted octanol–water partition coefficient (Wildman–Crippen LogP) is 2.74. The van der Waals surface area contributed by atoms with Crippen molar-refractivity contribution in [3.05, 3.63) is 29.8 Å². The van der Waals surface area contributed by atoms with Crippen molar-refractivity contribution >= 4 is 12.2 Å². The van der Waals surface area contributed by atoms with Crippen LogP contribution in [0.15, 0.2) is 24.3 Å². The highest BCUT2D eigenvalue weighted by atomic mass is 16.6. The number of ether oxygens (including phenoxy) is 1. The first kappa shape index (κ1) is 12.0. The predicted molar refractivity (Wildman–Crippen MR) is 67.9 cm³/mol. The van der Waals surface area contributed by atoms with Crippen LogP contribution in [0.4, 0.5) is 5.69 Å². The summed E-state index contributed by atoms with van der Waals surface area (Å²) in [7, 11) is 0. The first-order valence-electron chi connectivity index (χ1n) is 6.05. The van der Waals surface area contributed by atoms with E-state index in [1.807, 2.05) is 19.9 Å². The van der Waals surface area contributed by atoms with Gasteiger partial charge in [0.15, 0.2) is 5.72 Å². The number of hydrogen-bond acceptors (Lipinski definition) is 3. The highest BCUT2D eigenvalue weighted by Crippen LogP contribution is 2.36. The Kier molecular flexibility index (Phi) is 3.09. The number of para-hydroxylation sites is 1. The van der Waals surface area contributed by atoms with E-state index in [4.69, 9.17) is 4.74 Å². The highest BCUT2D eigenvalue weighted by molar-refractivity contribution is 5.58. The maximum Gasteiger partial charge on any atom is 0.295 e. The van der Waals surface area contributed by atoms with Crippen LogP contribution in [0.25, 0.3) is 0 Å². The molecule has 0 N–H and O–H groups in total. The largest absolute Gasteiger partial charge is 0.442 e. The van der Waals surface area contributed by atoms with Crippen LogP contribution >= 0.6 is 0 Å². The smallest absolute Gasteiger partial charge is 0.295 e. The van der Waals surface area contributed by atoms with Gasteiger partial charge in [0.2, 0.25) is 0 Å². The summed E-state index contributed by atoms with van der Waals surface area (Å²) in [6, 6.07) is 8.70. The molecule has 0 bridgehead atoms. The number of benzene rings is 1. The minimum Gasteiger partial charge on any atom is -0.442 e. The molecule has 1 aliphatic rings. The van der Waals surface area contributed by atoms with Gasteiger partial charge in [-0.1, -0.05) is 18.2 Å². The molecule has 3 nitrogen and oxygen atoms in total. The van der Waals surface area contributed by atoms with E-state index in [0.29, 0.717) is 12.5 Å². The zero-order chi connectivity index (χ0) is 12.5. The van der Waals surface area contributed by atoms with Crippen molar-refractivity contribution in [1.29, 1.82) is 0 Å². The summed E-state index contributed by atoms with van der Waals surface area (Å²) in [5, 5.41) is 0. The highest BCUT2D eigenvalue weighted by Gasteiger charge is 2.35. The lowest BCUT2D eigenvalue weighted by Crippen LogP contribution is -2.53. The van der Waals surface area contributed by atoms with Gasteiger partial charge in [0, 0.05) is 11.7 Å². The molecular formula is C14H19NO2. The van der Waals surface area contributed by atoms with E-state index in [0.717, 1.165) is 12.8 Å². The van der Waals surface area contributed by atoms with Gasteiger partial charge in [0.05, 0.1) is 0 Å². The number of nitrogens with zero attached hydrogens (tertiary/aromatic N) is 1. The molecule has 0 aliphatic carbocycles. The summed E-state index contributed by atoms with van der Waals surface area (Å²) in [6.07, 6.45) is 2.17. The fraction of sp³-hybridized carbons (Fsp3) is 0.500. The van der Waals surface area contributed by atoms with Crippen LogP contribution in [0.1, 0.15) is 32.8 Å². The molecule has 1 heterocycles. The summed E-state index contributed by atoms with van der Waals surface area (Å²) in [5.41, 5.74) is 1.91. The molecule has 2 rings (SSSR count). The number of rotatable bonds is 3. The van der Waals surface area contributed by atoms with Crippen LogP contribution < -0.4 is 4.90 Å². The minimum atomic E-state index is -0.600. The van der Waals surface area contributed by atoms with Gasteiger partial charge in [-0.15, -0.1) is 0 Å². The van der Waals surface area contributed by atoms with Crippen molar-refractivity contribution in [2.45, 2.75) is 45.4 Å². The third kappa shape index (κ3) is 2.14. The molecule has 0 spiro atoms. The van der Waals surface area contributed by atoms with Gasteiger partial charge in [-0.25, -0.2) is 0 Å². The first-order valence-corrected chi connectivity index (χ1v) is 6.05. The van der Waals surface area contributed by atoms with E-state index >= 15 is 0 Å². The molecule has 17 heavy (non-hydrogen) atoms. The maximum absolute atomic E-state index is 10.6. The van der Waals surface area contributed by atoms with Gasteiger partial charge >= 0.3 is 0 Å². The van der Waals surface area contributed by atoms with Gasteiger partial charge < -0.3 is 9.64 Å². The van der Waals surface area contributed by atoms with E-state index in [-0.39, 0.29) is 0 Å². The van der Waals surface area contributed by atoms with E-state index in [2.05, 4.69) is 30.0 Å². The van der Waals surface area contributed by atoms with Crippen LogP contribution in [-0.2, 0) is 16.0 Å². The van der Waals surface area contributed by atoms with Crippen LogP contribution in [0, 0.1) is 0 Å². The van der Waals surface area contributed by atoms with Crippen molar-refractivity contribution in [3.63, 3.8) is 0 Å². The maximum atomic E-state index is 10.6. The fourth-order valence-corrected chi connectivity index (χ4v) is 2.68. The lowest BCUT2D eigenvalue weighted by molar-refractivity contribution is -0.140. The summed E-state index contributed by atoms with van der Waals surface area (Å²) in [6.45, 7) is 6.57. The van der Waals surface area contributed by atoms with E-state index in [9.17, 15) is 4.79 Å². The average molecular weight is 233 g/mol. The van der Waals surface area contributed by atoms with Crippen molar-refractivity contribution in [2.24, 2.45) is 0 Å². The van der Waals surface area contributed by atoms with Gasteiger partial charge in [-0.2, -0.15) is 0 Å². The number of carbonyl (C=O) groups is 1. The zero-order valence-electron chi connectivity index (χ0n) is 10.6. The Morgan fingerprint density at radius 1 is 1.41 bits per heavy atom. The summed E-state index contributed by atoms with van der Waals surface area (Å²) in [4.78, 5) is 12.8. The van der Waals surface area contributed by atoms with Crippen molar-refractivity contribution < 1.29 is 9.53 Å². The van der Waals surface area contributed by atoms with E-state index in [1.54, 1.807) is 0 Å². The molecule has 3 heteroatoms. The van der Waals surface area contributed by atoms with Crippen molar-refractivity contribution in [3.8, 4) is 0 Å². The minimum absolute atomic E-state index is 0.375. The number of fused-ring (bicyclic) bond motifs is 1. The Morgan fingerprint density at radius 3 is 2.82 bits per heavy atom. The molecule has 0 aromatic heterocycles. The van der Waals surface area contributed by atoms with Crippen LogP contribution in [-0.4, -0.2) is 18.2 Å². The topological polar surface area (TPSA) is 29.5 Å². The van der Waals surface area contributed by atoms with Crippen LogP contribution in [0.3, 0.4) is 0 Å². The number of carbonyl (C=O) groups excluding carboxylic acids is 1. The number of aryl methyl sites for hydroxylation is 1. The second-order valence-corrected chi connectivity index (χ2v) is 5.05. The molecule has 1 aliphatic heterocycles. The third-order valence-electron chi connectivity index (χ3n) is 3.44. The first-order chi connectivity index (χ1) is 8.06. The third-order valence-corrected chi connectivity index (χ3v) is 3.44. The summed E-state index contributed by atoms with van der Waals surface area (Å²) in [5.74, 6) is 0. The number of hydrogen-bond donors (Lipinski definition) is 0. The monoisotopic (exact) mass is 233 g/mol. The lowest BCUT2D eigenvalue weighted by Gasteiger charge is -2.46. The molecule has 0 saturated heterocycles. The normalized spacial score (nSPS) is 19.7.